The summed E-state index contributed by atoms with van der Waals surface area (Å²) in [5.41, 5.74) is 2.73. The van der Waals surface area contributed by atoms with Crippen molar-refractivity contribution in [3.63, 3.8) is 0 Å². The van der Waals surface area contributed by atoms with Gasteiger partial charge in [0.2, 0.25) is 11.9 Å². The number of nitrogens with one attached hydrogen (secondary N) is 3. The monoisotopic (exact) mass is 467 g/mol. The van der Waals surface area contributed by atoms with Crippen LogP contribution in [0.15, 0.2) is 24.4 Å². The van der Waals surface area contributed by atoms with E-state index in [1.165, 1.54) is 10.9 Å². The first kappa shape index (κ1) is 23.6. The molecule has 0 spiro atoms. The number of H-pyrrole nitrogens is 1. The number of hydrogen-bond donors (Lipinski definition) is 3. The van der Waals surface area contributed by atoms with Gasteiger partial charge in [-0.2, -0.15) is 14.6 Å². The number of rotatable bonds is 6. The lowest BCUT2D eigenvalue weighted by atomic mass is 9.79. The number of carbonyl (C=O) groups is 2. The fraction of sp³-hybridized carbons (Fsp3) is 0.458. The van der Waals surface area contributed by atoms with Crippen LogP contribution in [0, 0.1) is 31.6 Å². The quantitative estimate of drug-likeness (QED) is 0.480. The number of anilines is 1. The first-order chi connectivity index (χ1) is 16.2. The second-order valence-electron chi connectivity index (χ2n) is 9.14. The van der Waals surface area contributed by atoms with Gasteiger partial charge in [0.15, 0.2) is 0 Å². The van der Waals surface area contributed by atoms with Crippen molar-refractivity contribution in [3.8, 4) is 11.1 Å². The maximum atomic E-state index is 14.9. The number of hydrogen-bond acceptors (Lipinski definition) is 5. The smallest absolute Gasteiger partial charge is 0.270 e. The molecule has 9 nitrogen and oxygen atoms in total. The van der Waals surface area contributed by atoms with E-state index in [-0.39, 0.29) is 17.6 Å². The Balaban J connectivity index is 1.54. The van der Waals surface area contributed by atoms with Gasteiger partial charge in [0.1, 0.15) is 17.6 Å². The molecule has 34 heavy (non-hydrogen) atoms. The van der Waals surface area contributed by atoms with Crippen molar-refractivity contribution in [1.82, 2.24) is 30.3 Å². The minimum absolute atomic E-state index is 0.0197. The molecule has 0 unspecified atom stereocenters. The van der Waals surface area contributed by atoms with Crippen molar-refractivity contribution in [2.45, 2.75) is 52.5 Å². The second kappa shape index (κ2) is 9.74. The fourth-order valence-corrected chi connectivity index (χ4v) is 4.67. The number of amides is 2. The van der Waals surface area contributed by atoms with Crippen molar-refractivity contribution in [2.24, 2.45) is 18.9 Å². The molecule has 1 fully saturated rings. The summed E-state index contributed by atoms with van der Waals surface area (Å²) in [6.45, 7) is 5.79. The van der Waals surface area contributed by atoms with E-state index in [9.17, 15) is 14.0 Å². The van der Waals surface area contributed by atoms with Crippen LogP contribution in [0.3, 0.4) is 0 Å². The molecule has 0 saturated heterocycles. The Morgan fingerprint density at radius 1 is 1.18 bits per heavy atom. The average Bonchev–Trinajstić information content (AvgIpc) is 3.38. The van der Waals surface area contributed by atoms with E-state index in [0.29, 0.717) is 28.4 Å². The highest BCUT2D eigenvalue weighted by Crippen LogP contribution is 2.32. The highest BCUT2D eigenvalue weighted by molar-refractivity contribution is 6.00. The van der Waals surface area contributed by atoms with Gasteiger partial charge < -0.3 is 10.6 Å². The number of nitrogens with zero attached hydrogens (tertiary/aromatic N) is 4. The fourth-order valence-electron chi connectivity index (χ4n) is 4.67. The predicted octanol–water partition coefficient (Wildman–Crippen LogP) is 3.52. The third-order valence-electron chi connectivity index (χ3n) is 6.65. The maximum Gasteiger partial charge on any atom is 0.270 e. The highest BCUT2D eigenvalue weighted by Gasteiger charge is 2.33. The maximum absolute atomic E-state index is 14.9. The Bertz CT molecular complexity index is 1170. The average molecular weight is 468 g/mol. The first-order valence-electron chi connectivity index (χ1n) is 11.5. The summed E-state index contributed by atoms with van der Waals surface area (Å²) in [7, 11) is 1.67. The molecule has 1 aliphatic carbocycles. The summed E-state index contributed by atoms with van der Waals surface area (Å²) in [5, 5.41) is 16.6. The number of aryl methyl sites for hydroxylation is 3. The number of halogens is 1. The molecule has 3 aromatic heterocycles. The minimum atomic E-state index is -0.766. The molecule has 3 N–H and O–H groups in total. The number of carbonyl (C=O) groups excluding carboxylic acids is 2. The largest absolute Gasteiger partial charge is 0.339 e. The SMILES string of the molecule is Cc1n[nH]c(C)c1-c1ccc(NC(=O)[C@@H](NC(=O)c2ccnn2C)C2CCC(C)CC2)nc1F. The Hall–Kier alpha value is -3.56. The minimum Gasteiger partial charge on any atom is -0.339 e. The van der Waals surface area contributed by atoms with Crippen molar-refractivity contribution in [3.05, 3.63) is 47.4 Å². The van der Waals surface area contributed by atoms with Crippen molar-refractivity contribution in [2.75, 3.05) is 5.32 Å². The van der Waals surface area contributed by atoms with Gasteiger partial charge in [-0.3, -0.25) is 19.4 Å². The van der Waals surface area contributed by atoms with Crippen molar-refractivity contribution < 1.29 is 14.0 Å². The van der Waals surface area contributed by atoms with Crippen LogP contribution in [0.5, 0.6) is 0 Å². The molecule has 4 rings (SSSR count). The Kier molecular flexibility index (Phi) is 6.76. The molecule has 1 aliphatic rings. The molecule has 0 aliphatic heterocycles. The lowest BCUT2D eigenvalue weighted by Crippen LogP contribution is -2.49. The van der Waals surface area contributed by atoms with E-state index < -0.39 is 17.9 Å². The molecule has 3 aromatic rings. The zero-order valence-corrected chi connectivity index (χ0v) is 19.9. The Morgan fingerprint density at radius 3 is 2.50 bits per heavy atom. The number of aromatic amines is 1. The highest BCUT2D eigenvalue weighted by atomic mass is 19.1. The van der Waals surface area contributed by atoms with Crippen molar-refractivity contribution in [1.29, 1.82) is 0 Å². The second-order valence-corrected chi connectivity index (χ2v) is 9.14. The molecule has 180 valence electrons. The van der Waals surface area contributed by atoms with Crippen LogP contribution in [0.1, 0.15) is 54.5 Å². The summed E-state index contributed by atoms with van der Waals surface area (Å²) in [6.07, 6.45) is 5.15. The summed E-state index contributed by atoms with van der Waals surface area (Å²) in [5.74, 6) is -0.828. The zero-order valence-electron chi connectivity index (χ0n) is 19.9. The molecular weight excluding hydrogens is 437 g/mol. The summed E-state index contributed by atoms with van der Waals surface area (Å²) >= 11 is 0. The summed E-state index contributed by atoms with van der Waals surface area (Å²) < 4.78 is 16.3. The molecular formula is C24H30FN7O2. The number of aromatic nitrogens is 5. The Labute approximate surface area is 197 Å². The molecule has 2 amide bonds. The molecule has 0 bridgehead atoms. The number of pyridine rings is 1. The van der Waals surface area contributed by atoms with Gasteiger partial charge in [0, 0.05) is 30.1 Å². The van der Waals surface area contributed by atoms with Gasteiger partial charge in [-0.25, -0.2) is 4.98 Å². The molecule has 0 aromatic carbocycles. The lowest BCUT2D eigenvalue weighted by Gasteiger charge is -2.32. The standard InChI is InChI=1S/C24H30FN7O2/c1-13-5-7-16(8-6-13)21(29-23(33)18-11-12-26-32(18)4)24(34)28-19-10-9-17(22(25)27-19)20-14(2)30-31-15(20)3/h9-13,16,21H,5-8H2,1-4H3,(H,29,33)(H,30,31)(H,27,28,34)/t13?,16?,21-/m0/s1. The van der Waals surface area contributed by atoms with E-state index in [1.54, 1.807) is 32.2 Å². The van der Waals surface area contributed by atoms with Crippen LogP contribution in [-0.2, 0) is 11.8 Å². The van der Waals surface area contributed by atoms with E-state index in [4.69, 9.17) is 0 Å². The summed E-state index contributed by atoms with van der Waals surface area (Å²) in [6, 6.07) is 3.97. The predicted molar refractivity (Wildman–Crippen MR) is 125 cm³/mol. The van der Waals surface area contributed by atoms with E-state index in [1.807, 2.05) is 6.92 Å². The van der Waals surface area contributed by atoms with E-state index >= 15 is 0 Å². The molecule has 1 atom stereocenters. The van der Waals surface area contributed by atoms with Crippen molar-refractivity contribution >= 4 is 17.6 Å². The summed E-state index contributed by atoms with van der Waals surface area (Å²) in [4.78, 5) is 30.1. The lowest BCUT2D eigenvalue weighted by molar-refractivity contribution is -0.119. The zero-order chi connectivity index (χ0) is 24.4. The topological polar surface area (TPSA) is 118 Å². The van der Waals surface area contributed by atoms with Crippen LogP contribution in [0.25, 0.3) is 11.1 Å². The van der Waals surface area contributed by atoms with Crippen LogP contribution < -0.4 is 10.6 Å². The van der Waals surface area contributed by atoms with Crippen LogP contribution in [0.2, 0.25) is 0 Å². The van der Waals surface area contributed by atoms with Gasteiger partial charge in [-0.15, -0.1) is 0 Å². The van der Waals surface area contributed by atoms with Gasteiger partial charge in [0.05, 0.1) is 5.69 Å². The van der Waals surface area contributed by atoms with E-state index in [2.05, 4.69) is 37.8 Å². The van der Waals surface area contributed by atoms with Gasteiger partial charge >= 0.3 is 0 Å². The van der Waals surface area contributed by atoms with Crippen LogP contribution >= 0.6 is 0 Å². The molecule has 10 heteroatoms. The first-order valence-corrected chi connectivity index (χ1v) is 11.5. The van der Waals surface area contributed by atoms with Gasteiger partial charge in [-0.1, -0.05) is 19.8 Å². The van der Waals surface area contributed by atoms with Gasteiger partial charge in [-0.05, 0) is 56.7 Å². The van der Waals surface area contributed by atoms with E-state index in [0.717, 1.165) is 31.4 Å². The molecule has 1 saturated carbocycles. The third-order valence-corrected chi connectivity index (χ3v) is 6.65. The van der Waals surface area contributed by atoms with Crippen LogP contribution in [-0.4, -0.2) is 42.8 Å². The molecule has 3 heterocycles. The van der Waals surface area contributed by atoms with Gasteiger partial charge in [0.25, 0.3) is 5.91 Å². The van der Waals surface area contributed by atoms with Crippen LogP contribution in [0.4, 0.5) is 10.2 Å². The normalized spacial score (nSPS) is 19.0. The molecule has 0 radical (unpaired) electrons. The Morgan fingerprint density at radius 2 is 1.91 bits per heavy atom. The third kappa shape index (κ3) is 4.85.